The standard InChI is InChI=1S/C35H37FN2O5/c1-20-12-22(24-16-37-38(17-24)19-35(3,4)40)13-21(2)33(20)27-8-10-29(36)34-28(27)9-11-30(34)43-25-6-7-26-23(14-32(39)41-5)18-42-31(26)15-25/h6-8,10,12-13,15-17,23,30,40H,9,11,14,18-19H2,1-5H3/t23?,30-/m1/s1. The fraction of sp³-hybridized carbons (Fsp3) is 0.371. The first kappa shape index (κ1) is 28.9. The van der Waals surface area contributed by atoms with E-state index in [2.05, 4.69) is 31.1 Å². The largest absolute Gasteiger partial charge is 0.492 e. The molecule has 224 valence electrons. The molecule has 2 heterocycles. The molecule has 0 radical (unpaired) electrons. The van der Waals surface area contributed by atoms with Crippen LogP contribution in [0.5, 0.6) is 11.5 Å². The van der Waals surface area contributed by atoms with Gasteiger partial charge in [-0.1, -0.05) is 24.3 Å². The fourth-order valence-corrected chi connectivity index (χ4v) is 6.52. The van der Waals surface area contributed by atoms with E-state index < -0.39 is 11.7 Å². The van der Waals surface area contributed by atoms with Gasteiger partial charge in [0, 0.05) is 34.9 Å². The molecule has 6 rings (SSSR count). The molecule has 7 nitrogen and oxygen atoms in total. The van der Waals surface area contributed by atoms with Crippen molar-refractivity contribution in [2.75, 3.05) is 13.7 Å². The number of ether oxygens (including phenoxy) is 3. The summed E-state index contributed by atoms with van der Waals surface area (Å²) < 4.78 is 34.2. The van der Waals surface area contributed by atoms with Gasteiger partial charge in [-0.25, -0.2) is 4.39 Å². The van der Waals surface area contributed by atoms with Crippen LogP contribution in [0.15, 0.2) is 54.9 Å². The Morgan fingerprint density at radius 2 is 1.91 bits per heavy atom. The molecule has 0 saturated heterocycles. The number of halogens is 1. The molecule has 0 bridgehead atoms. The predicted molar refractivity (Wildman–Crippen MR) is 162 cm³/mol. The summed E-state index contributed by atoms with van der Waals surface area (Å²) in [6.45, 7) is 8.52. The number of fused-ring (bicyclic) bond motifs is 2. The van der Waals surface area contributed by atoms with Crippen LogP contribution in [0.2, 0.25) is 0 Å². The number of aryl methyl sites for hydroxylation is 2. The zero-order valence-electron chi connectivity index (χ0n) is 25.2. The number of hydrogen-bond acceptors (Lipinski definition) is 6. The number of carbonyl (C=O) groups is 1. The Balaban J connectivity index is 1.26. The van der Waals surface area contributed by atoms with Crippen molar-refractivity contribution in [1.82, 2.24) is 9.78 Å². The lowest BCUT2D eigenvalue weighted by Gasteiger charge is -2.19. The van der Waals surface area contributed by atoms with Gasteiger partial charge in [-0.15, -0.1) is 0 Å². The van der Waals surface area contributed by atoms with Crippen molar-refractivity contribution in [3.8, 4) is 33.8 Å². The van der Waals surface area contributed by atoms with Crippen LogP contribution in [0.3, 0.4) is 0 Å². The summed E-state index contributed by atoms with van der Waals surface area (Å²) in [6, 6.07) is 13.4. The van der Waals surface area contributed by atoms with Gasteiger partial charge in [-0.3, -0.25) is 9.48 Å². The minimum Gasteiger partial charge on any atom is -0.492 e. The van der Waals surface area contributed by atoms with E-state index in [1.807, 2.05) is 36.7 Å². The second-order valence-corrected chi connectivity index (χ2v) is 12.3. The summed E-state index contributed by atoms with van der Waals surface area (Å²) in [6.07, 6.45) is 5.00. The first-order chi connectivity index (χ1) is 20.5. The molecule has 3 aromatic carbocycles. The lowest BCUT2D eigenvalue weighted by molar-refractivity contribution is -0.141. The number of rotatable bonds is 8. The van der Waals surface area contributed by atoms with Crippen LogP contribution in [-0.4, -0.2) is 40.2 Å². The molecule has 8 heteroatoms. The van der Waals surface area contributed by atoms with Crippen LogP contribution in [0, 0.1) is 19.7 Å². The molecule has 0 saturated carbocycles. The smallest absolute Gasteiger partial charge is 0.306 e. The third-order valence-electron chi connectivity index (χ3n) is 8.38. The molecular weight excluding hydrogens is 547 g/mol. The van der Waals surface area contributed by atoms with Crippen molar-refractivity contribution in [1.29, 1.82) is 0 Å². The highest BCUT2D eigenvalue weighted by molar-refractivity contribution is 5.79. The average Bonchev–Trinajstić information content (AvgIpc) is 3.68. The average molecular weight is 585 g/mol. The number of hydrogen-bond donors (Lipinski definition) is 1. The van der Waals surface area contributed by atoms with Crippen LogP contribution in [-0.2, 0) is 22.5 Å². The van der Waals surface area contributed by atoms with Gasteiger partial charge in [0.1, 0.15) is 23.4 Å². The number of esters is 1. The zero-order valence-corrected chi connectivity index (χ0v) is 25.2. The number of aliphatic hydroxyl groups is 1. The van der Waals surface area contributed by atoms with E-state index in [0.717, 1.165) is 44.5 Å². The van der Waals surface area contributed by atoms with Crippen molar-refractivity contribution in [3.05, 3.63) is 88.5 Å². The van der Waals surface area contributed by atoms with Gasteiger partial charge in [-0.05, 0) is 86.1 Å². The zero-order chi connectivity index (χ0) is 30.5. The number of nitrogens with zero attached hydrogens (tertiary/aromatic N) is 2. The van der Waals surface area contributed by atoms with E-state index in [9.17, 15) is 9.90 Å². The van der Waals surface area contributed by atoms with Crippen LogP contribution in [0.4, 0.5) is 4.39 Å². The second kappa shape index (κ2) is 11.2. The van der Waals surface area contributed by atoms with Crippen LogP contribution >= 0.6 is 0 Å². The minimum atomic E-state index is -0.855. The lowest BCUT2D eigenvalue weighted by Crippen LogP contribution is -2.26. The Labute approximate surface area is 251 Å². The topological polar surface area (TPSA) is 82.8 Å². The Kier molecular flexibility index (Phi) is 7.50. The monoisotopic (exact) mass is 584 g/mol. The Bertz CT molecular complexity index is 1680. The molecule has 0 fully saturated rings. The van der Waals surface area contributed by atoms with E-state index in [-0.39, 0.29) is 24.1 Å². The van der Waals surface area contributed by atoms with Crippen LogP contribution < -0.4 is 9.47 Å². The third-order valence-corrected chi connectivity index (χ3v) is 8.38. The van der Waals surface area contributed by atoms with Crippen LogP contribution in [0.25, 0.3) is 22.3 Å². The van der Waals surface area contributed by atoms with Gasteiger partial charge in [0.2, 0.25) is 0 Å². The molecule has 1 aliphatic carbocycles. The summed E-state index contributed by atoms with van der Waals surface area (Å²) >= 11 is 0. The first-order valence-electron chi connectivity index (χ1n) is 14.7. The van der Waals surface area contributed by atoms with Gasteiger partial charge in [0.05, 0.1) is 38.5 Å². The molecule has 0 amide bonds. The molecule has 1 aliphatic heterocycles. The van der Waals surface area contributed by atoms with Crippen molar-refractivity contribution < 1.29 is 28.5 Å². The van der Waals surface area contributed by atoms with E-state index in [4.69, 9.17) is 14.2 Å². The van der Waals surface area contributed by atoms with Crippen molar-refractivity contribution in [2.24, 2.45) is 0 Å². The summed E-state index contributed by atoms with van der Waals surface area (Å²) in [5.74, 6) is 0.722. The Morgan fingerprint density at radius 3 is 2.63 bits per heavy atom. The number of methoxy groups -OCH3 is 1. The molecule has 1 unspecified atom stereocenters. The number of aromatic nitrogens is 2. The summed E-state index contributed by atoms with van der Waals surface area (Å²) in [5, 5.41) is 14.6. The highest BCUT2D eigenvalue weighted by Crippen LogP contribution is 2.45. The lowest BCUT2D eigenvalue weighted by atomic mass is 9.88. The highest BCUT2D eigenvalue weighted by Gasteiger charge is 2.32. The van der Waals surface area contributed by atoms with Gasteiger partial charge in [-0.2, -0.15) is 5.10 Å². The van der Waals surface area contributed by atoms with Gasteiger partial charge >= 0.3 is 5.97 Å². The summed E-state index contributed by atoms with van der Waals surface area (Å²) in [7, 11) is 1.38. The Morgan fingerprint density at radius 1 is 1.14 bits per heavy atom. The van der Waals surface area contributed by atoms with Gasteiger partial charge in [0.25, 0.3) is 0 Å². The molecule has 43 heavy (non-hydrogen) atoms. The van der Waals surface area contributed by atoms with Crippen molar-refractivity contribution in [3.63, 3.8) is 0 Å². The van der Waals surface area contributed by atoms with Crippen molar-refractivity contribution >= 4 is 5.97 Å². The van der Waals surface area contributed by atoms with Gasteiger partial charge < -0.3 is 19.3 Å². The maximum atomic E-state index is 15.4. The maximum Gasteiger partial charge on any atom is 0.306 e. The van der Waals surface area contributed by atoms with Crippen molar-refractivity contribution in [2.45, 2.75) is 71.1 Å². The fourth-order valence-electron chi connectivity index (χ4n) is 6.52. The molecule has 2 atom stereocenters. The molecule has 4 aromatic rings. The molecule has 1 aromatic heterocycles. The molecule has 0 spiro atoms. The third kappa shape index (κ3) is 5.76. The normalized spacial score (nSPS) is 17.4. The summed E-state index contributed by atoms with van der Waals surface area (Å²) in [4.78, 5) is 11.8. The van der Waals surface area contributed by atoms with E-state index in [0.29, 0.717) is 43.1 Å². The second-order valence-electron chi connectivity index (χ2n) is 12.3. The number of benzene rings is 3. The SMILES string of the molecule is COC(=O)CC1COc2cc(O[C@@H]3CCc4c(-c5c(C)cc(-c6cnn(CC(C)(C)O)c6)cc5C)ccc(F)c43)ccc21. The van der Waals surface area contributed by atoms with Gasteiger partial charge in [0.15, 0.2) is 0 Å². The number of carbonyl (C=O) groups excluding carboxylic acids is 1. The minimum absolute atomic E-state index is 0.0505. The maximum absolute atomic E-state index is 15.4. The molecule has 2 aliphatic rings. The molecule has 1 N–H and O–H groups in total. The summed E-state index contributed by atoms with van der Waals surface area (Å²) in [5.41, 5.74) is 8.06. The Hall–Kier alpha value is -4.17. The van der Waals surface area contributed by atoms with Crippen LogP contribution in [0.1, 0.15) is 66.5 Å². The molecular formula is C35H37FN2O5. The quantitative estimate of drug-likeness (QED) is 0.228. The van der Waals surface area contributed by atoms with E-state index >= 15 is 4.39 Å². The van der Waals surface area contributed by atoms with E-state index in [1.54, 1.807) is 24.6 Å². The highest BCUT2D eigenvalue weighted by atomic mass is 19.1. The predicted octanol–water partition coefficient (Wildman–Crippen LogP) is 6.85. The first-order valence-corrected chi connectivity index (χ1v) is 14.7. The van der Waals surface area contributed by atoms with E-state index in [1.165, 1.54) is 7.11 Å².